The molecule has 3 saturated heterocycles. The molecule has 4 aliphatic rings. The van der Waals surface area contributed by atoms with Crippen LogP contribution in [0, 0.1) is 17.8 Å². The zero-order valence-electron chi connectivity index (χ0n) is 25.6. The number of carbonyl (C=O) groups is 2. The number of nitrogens with two attached hydrogens (primary N) is 1. The minimum absolute atomic E-state index is 0.0223. The van der Waals surface area contributed by atoms with Crippen LogP contribution in [0.3, 0.4) is 0 Å². The third kappa shape index (κ3) is 7.99. The summed E-state index contributed by atoms with van der Waals surface area (Å²) in [6, 6.07) is -1.66. The molecule has 4 heterocycles. The van der Waals surface area contributed by atoms with Gasteiger partial charge in [0.25, 0.3) is 0 Å². The van der Waals surface area contributed by atoms with Crippen molar-refractivity contribution in [2.24, 2.45) is 23.5 Å². The molecule has 6 N–H and O–H groups in total. The lowest BCUT2D eigenvalue weighted by molar-refractivity contribution is -0.205. The molecule has 0 radical (unpaired) electrons. The van der Waals surface area contributed by atoms with Gasteiger partial charge in [0.2, 0.25) is 5.91 Å². The Morgan fingerprint density at radius 3 is 2.50 bits per heavy atom. The fourth-order valence-corrected chi connectivity index (χ4v) is 7.91. The van der Waals surface area contributed by atoms with Gasteiger partial charge >= 0.3 is 6.09 Å². The molecular weight excluding hydrogens is 562 g/mol. The van der Waals surface area contributed by atoms with E-state index < -0.39 is 65.6 Å². The highest BCUT2D eigenvalue weighted by Gasteiger charge is 2.53. The Morgan fingerprint density at radius 1 is 1.12 bits per heavy atom. The second-order valence-corrected chi connectivity index (χ2v) is 15.1. The van der Waals surface area contributed by atoms with Crippen molar-refractivity contribution < 1.29 is 39.1 Å². The quantitative estimate of drug-likeness (QED) is 0.289. The second kappa shape index (κ2) is 14.1. The Kier molecular flexibility index (Phi) is 11.3. The van der Waals surface area contributed by atoms with Crippen LogP contribution in [0.25, 0.3) is 0 Å². The SMILES string of the molecule is CC(C)C[C@@H]1CCO[C@@H]2[C@@H](C1)CN(C(=O)OC(C)(C)C)[C@@H]2C(=O)N[C@@H]1C/C=C\C[C@H](CN)S[C@H]2O[C@H]1[C@H](O)[C@H](O)[C@H]2O. The summed E-state index contributed by atoms with van der Waals surface area (Å²) in [7, 11) is 0. The molecular formula is C30H51N3O8S. The number of nitrogens with zero attached hydrogens (tertiary/aromatic N) is 1. The molecule has 42 heavy (non-hydrogen) atoms. The summed E-state index contributed by atoms with van der Waals surface area (Å²) in [6.07, 6.45) is 1.37. The van der Waals surface area contributed by atoms with E-state index in [1.807, 2.05) is 12.2 Å². The van der Waals surface area contributed by atoms with Gasteiger partial charge in [-0.3, -0.25) is 9.69 Å². The Morgan fingerprint density at radius 2 is 1.83 bits per heavy atom. The fraction of sp³-hybridized carbons (Fsp3) is 0.867. The summed E-state index contributed by atoms with van der Waals surface area (Å²) in [6.45, 7) is 11.0. The smallest absolute Gasteiger partial charge is 0.411 e. The van der Waals surface area contributed by atoms with E-state index in [-0.39, 0.29) is 11.2 Å². The van der Waals surface area contributed by atoms with Gasteiger partial charge < -0.3 is 40.6 Å². The molecule has 0 aromatic rings. The number of allylic oxidation sites excluding steroid dienone is 1. The Bertz CT molecular complexity index is 961. The number of hydrogen-bond acceptors (Lipinski definition) is 10. The zero-order chi connectivity index (χ0) is 30.8. The van der Waals surface area contributed by atoms with Crippen molar-refractivity contribution in [3.63, 3.8) is 0 Å². The van der Waals surface area contributed by atoms with Crippen LogP contribution >= 0.6 is 11.8 Å². The highest BCUT2D eigenvalue weighted by atomic mass is 32.2. The number of thioether (sulfide) groups is 1. The third-order valence-corrected chi connectivity index (χ3v) is 10.0. The lowest BCUT2D eigenvalue weighted by atomic mass is 9.85. The van der Waals surface area contributed by atoms with Crippen LogP contribution in [0.1, 0.15) is 66.7 Å². The molecule has 0 aromatic heterocycles. The highest BCUT2D eigenvalue weighted by molar-refractivity contribution is 8.00. The van der Waals surface area contributed by atoms with Crippen LogP contribution in [0.15, 0.2) is 12.2 Å². The van der Waals surface area contributed by atoms with Gasteiger partial charge in [-0.2, -0.15) is 0 Å². The number of amides is 2. The largest absolute Gasteiger partial charge is 0.444 e. The third-order valence-electron chi connectivity index (χ3n) is 8.59. The summed E-state index contributed by atoms with van der Waals surface area (Å²) in [4.78, 5) is 29.1. The molecule has 11 nitrogen and oxygen atoms in total. The van der Waals surface area contributed by atoms with Crippen LogP contribution in [-0.2, 0) is 19.0 Å². The molecule has 2 amide bonds. The summed E-state index contributed by atoms with van der Waals surface area (Å²) in [5, 5.41) is 35.3. The average Bonchev–Trinajstić information content (AvgIpc) is 3.15. The topological polar surface area (TPSA) is 164 Å². The Hall–Kier alpha value is -1.41. The van der Waals surface area contributed by atoms with Gasteiger partial charge in [0.1, 0.15) is 41.5 Å². The molecule has 0 aromatic carbocycles. The molecule has 2 bridgehead atoms. The number of ether oxygens (including phenoxy) is 3. The van der Waals surface area contributed by atoms with Gasteiger partial charge in [-0.15, -0.1) is 11.8 Å². The maximum Gasteiger partial charge on any atom is 0.411 e. The number of aliphatic hydroxyl groups excluding tert-OH is 3. The first-order valence-electron chi connectivity index (χ1n) is 15.4. The second-order valence-electron chi connectivity index (χ2n) is 13.7. The number of fused-ring (bicyclic) bond motifs is 3. The summed E-state index contributed by atoms with van der Waals surface area (Å²) in [5.74, 6) is 0.529. The summed E-state index contributed by atoms with van der Waals surface area (Å²) in [5.41, 5.74) is 4.34. The molecule has 3 fully saturated rings. The number of carbonyl (C=O) groups excluding carboxylic acids is 2. The molecule has 240 valence electrons. The van der Waals surface area contributed by atoms with Gasteiger partial charge in [-0.1, -0.05) is 26.0 Å². The van der Waals surface area contributed by atoms with E-state index in [0.717, 1.165) is 19.3 Å². The first-order chi connectivity index (χ1) is 19.8. The summed E-state index contributed by atoms with van der Waals surface area (Å²) >= 11 is 1.31. The van der Waals surface area contributed by atoms with Crippen molar-refractivity contribution in [2.45, 2.75) is 126 Å². The first kappa shape index (κ1) is 33.5. The zero-order valence-corrected chi connectivity index (χ0v) is 26.4. The standard InChI is InChI=1S/C30H51N3O8S/c1-16(2)12-17-10-11-39-25-18(13-17)15-33(29(38)41-30(3,4)5)21(25)27(37)32-20-9-7-6-8-19(14-31)42-28-24(36)22(34)23(35)26(20)40-28/h6-7,16-26,28,34-36H,8-15,31H2,1-5H3,(H,32,37)/b7-6-/t17-,18-,19+,20+,21-,22-,23+,24+,25+,26+,28+/m0/s1. The van der Waals surface area contributed by atoms with Gasteiger partial charge in [0, 0.05) is 30.9 Å². The average molecular weight is 614 g/mol. The highest BCUT2D eigenvalue weighted by Crippen LogP contribution is 2.39. The van der Waals surface area contributed by atoms with E-state index in [9.17, 15) is 24.9 Å². The Labute approximate surface area is 253 Å². The van der Waals surface area contributed by atoms with Crippen LogP contribution in [0.2, 0.25) is 0 Å². The first-order valence-corrected chi connectivity index (χ1v) is 16.3. The lowest BCUT2D eigenvalue weighted by Crippen LogP contribution is -2.64. The van der Waals surface area contributed by atoms with Gasteiger partial charge in [-0.25, -0.2) is 4.79 Å². The molecule has 4 aliphatic heterocycles. The number of likely N-dealkylation sites (tertiary alicyclic amines) is 1. The predicted molar refractivity (Wildman–Crippen MR) is 160 cm³/mol. The van der Waals surface area contributed by atoms with E-state index in [1.54, 1.807) is 20.8 Å². The molecule has 0 saturated carbocycles. The van der Waals surface area contributed by atoms with Crippen molar-refractivity contribution in [3.05, 3.63) is 12.2 Å². The fourth-order valence-electron chi connectivity index (χ4n) is 6.69. The number of rotatable bonds is 5. The number of aliphatic hydroxyl groups is 3. The Balaban J connectivity index is 1.60. The van der Waals surface area contributed by atoms with E-state index >= 15 is 0 Å². The maximum atomic E-state index is 14.1. The molecule has 0 spiro atoms. The number of hydrogen-bond donors (Lipinski definition) is 5. The van der Waals surface area contributed by atoms with Crippen molar-refractivity contribution in [1.29, 1.82) is 0 Å². The van der Waals surface area contributed by atoms with Crippen molar-refractivity contribution in [1.82, 2.24) is 10.2 Å². The van der Waals surface area contributed by atoms with Gasteiger partial charge in [-0.05, 0) is 64.7 Å². The lowest BCUT2D eigenvalue weighted by Gasteiger charge is -2.44. The monoisotopic (exact) mass is 613 g/mol. The van der Waals surface area contributed by atoms with E-state index in [4.69, 9.17) is 19.9 Å². The van der Waals surface area contributed by atoms with Crippen molar-refractivity contribution in [3.8, 4) is 0 Å². The van der Waals surface area contributed by atoms with Crippen LogP contribution in [-0.4, -0.2) is 111 Å². The molecule has 12 heteroatoms. The molecule has 0 aliphatic carbocycles. The minimum Gasteiger partial charge on any atom is -0.444 e. The predicted octanol–water partition coefficient (Wildman–Crippen LogP) is 1.77. The van der Waals surface area contributed by atoms with Gasteiger partial charge in [0.15, 0.2) is 0 Å². The van der Waals surface area contributed by atoms with E-state index in [2.05, 4.69) is 19.2 Å². The van der Waals surface area contributed by atoms with Crippen molar-refractivity contribution >= 4 is 23.8 Å². The molecule has 11 atom stereocenters. The van der Waals surface area contributed by atoms with Crippen LogP contribution in [0.4, 0.5) is 4.79 Å². The summed E-state index contributed by atoms with van der Waals surface area (Å²) < 4.78 is 18.2. The molecule has 0 unspecified atom stereocenters. The van der Waals surface area contributed by atoms with Crippen LogP contribution in [0.5, 0.6) is 0 Å². The molecule has 4 rings (SSSR count). The van der Waals surface area contributed by atoms with Crippen LogP contribution < -0.4 is 11.1 Å². The minimum atomic E-state index is -1.46. The normalized spacial score (nSPS) is 40.1. The van der Waals surface area contributed by atoms with Gasteiger partial charge in [0.05, 0.1) is 12.1 Å². The van der Waals surface area contributed by atoms with Crippen molar-refractivity contribution in [2.75, 3.05) is 19.7 Å². The number of nitrogens with one attached hydrogen (secondary N) is 1. The van der Waals surface area contributed by atoms with E-state index in [0.29, 0.717) is 44.4 Å². The van der Waals surface area contributed by atoms with E-state index in [1.165, 1.54) is 16.7 Å². The maximum absolute atomic E-state index is 14.1.